The van der Waals surface area contributed by atoms with Crippen molar-refractivity contribution < 1.29 is 32.9 Å². The first-order valence-electron chi connectivity index (χ1n) is 8.18. The second-order valence-corrected chi connectivity index (χ2v) is 7.36. The highest BCUT2D eigenvalue weighted by Gasteiger charge is 2.30. The lowest BCUT2D eigenvalue weighted by Gasteiger charge is -2.10. The monoisotopic (exact) mass is 446 g/mol. The van der Waals surface area contributed by atoms with Gasteiger partial charge in [0.1, 0.15) is 5.75 Å². The van der Waals surface area contributed by atoms with Crippen LogP contribution >= 0.6 is 22.9 Å². The van der Waals surface area contributed by atoms with Gasteiger partial charge in [0.15, 0.2) is 5.13 Å². The number of fused-ring (bicyclic) bond motifs is 1. The van der Waals surface area contributed by atoms with E-state index in [4.69, 9.17) is 21.4 Å². The molecule has 11 heteroatoms. The maximum Gasteiger partial charge on any atom is 0.416 e. The number of rotatable bonds is 6. The Bertz CT molecular complexity index is 1060. The Morgan fingerprint density at radius 2 is 2.03 bits per heavy atom. The van der Waals surface area contributed by atoms with Gasteiger partial charge in [-0.15, -0.1) is 0 Å². The molecule has 0 fully saturated rings. The number of aromatic hydroxyl groups is 1. The average molecular weight is 447 g/mol. The van der Waals surface area contributed by atoms with Crippen molar-refractivity contribution in [1.29, 1.82) is 0 Å². The number of phenolic OH excluding ortho intramolecular Hbond substituents is 1. The van der Waals surface area contributed by atoms with Gasteiger partial charge in [-0.05, 0) is 30.3 Å². The maximum absolute atomic E-state index is 12.8. The summed E-state index contributed by atoms with van der Waals surface area (Å²) < 4.78 is 43.9. The van der Waals surface area contributed by atoms with E-state index in [1.165, 1.54) is 18.2 Å². The molecule has 0 radical (unpaired) electrons. The molecule has 3 aromatic rings. The van der Waals surface area contributed by atoms with Crippen LogP contribution in [0.25, 0.3) is 10.2 Å². The molecule has 3 N–H and O–H groups in total. The van der Waals surface area contributed by atoms with E-state index in [1.807, 2.05) is 0 Å². The van der Waals surface area contributed by atoms with E-state index in [0.29, 0.717) is 5.52 Å². The summed E-state index contributed by atoms with van der Waals surface area (Å²) >= 11 is 6.86. The number of aliphatic hydroxyl groups is 1. The van der Waals surface area contributed by atoms with E-state index >= 15 is 0 Å². The molecule has 0 unspecified atom stereocenters. The predicted molar refractivity (Wildman–Crippen MR) is 102 cm³/mol. The van der Waals surface area contributed by atoms with Gasteiger partial charge in [0.05, 0.1) is 41.2 Å². The number of nitrogens with zero attached hydrogens (tertiary/aromatic N) is 1. The molecule has 0 aliphatic rings. The third-order valence-corrected chi connectivity index (χ3v) is 4.98. The Balaban J connectivity index is 1.84. The van der Waals surface area contributed by atoms with Crippen LogP contribution in [-0.2, 0) is 17.5 Å². The lowest BCUT2D eigenvalue weighted by molar-refractivity contribution is -0.137. The van der Waals surface area contributed by atoms with Crippen molar-refractivity contribution >= 4 is 44.2 Å². The predicted octanol–water partition coefficient (Wildman–Crippen LogP) is 4.44. The Labute approximate surface area is 171 Å². The molecule has 6 nitrogen and oxygen atoms in total. The zero-order chi connectivity index (χ0) is 21.2. The van der Waals surface area contributed by atoms with Gasteiger partial charge in [-0.25, -0.2) is 4.98 Å². The van der Waals surface area contributed by atoms with Crippen molar-refractivity contribution in [2.45, 2.75) is 12.8 Å². The van der Waals surface area contributed by atoms with E-state index in [2.05, 4.69) is 10.3 Å². The third kappa shape index (κ3) is 4.96. The Hall–Kier alpha value is -2.40. The number of nitrogens with one attached hydrogen (secondary N) is 1. The molecule has 154 valence electrons. The quantitative estimate of drug-likeness (QED) is 0.487. The van der Waals surface area contributed by atoms with Crippen LogP contribution in [0.4, 0.5) is 18.3 Å². The number of aliphatic hydroxyl groups excluding tert-OH is 1. The highest BCUT2D eigenvalue weighted by atomic mass is 35.5. The number of carbonyl (C=O) groups is 1. The van der Waals surface area contributed by atoms with Crippen LogP contribution in [0.1, 0.15) is 21.5 Å². The van der Waals surface area contributed by atoms with E-state index in [0.717, 1.165) is 23.5 Å². The molecule has 0 atom stereocenters. The van der Waals surface area contributed by atoms with Gasteiger partial charge in [0, 0.05) is 10.6 Å². The summed E-state index contributed by atoms with van der Waals surface area (Å²) in [5.41, 5.74) is -0.413. The van der Waals surface area contributed by atoms with Crippen LogP contribution in [0.5, 0.6) is 5.75 Å². The summed E-state index contributed by atoms with van der Waals surface area (Å²) in [5.74, 6) is -1.09. The van der Waals surface area contributed by atoms with Gasteiger partial charge in [0.2, 0.25) is 0 Å². The standard InChI is InChI=1S/C18H14ClF3N2O4S/c19-11-5-9(8-28-4-3-25)15(26)12(7-11)16(27)24-17-23-13-2-1-10(18(20,21)22)6-14(13)29-17/h1-2,5-7,25-26H,3-4,8H2,(H,23,24,27). The second kappa shape index (κ2) is 8.54. The van der Waals surface area contributed by atoms with E-state index in [1.54, 1.807) is 0 Å². The number of carbonyl (C=O) groups excluding carboxylic acids is 1. The Morgan fingerprint density at radius 1 is 1.28 bits per heavy atom. The van der Waals surface area contributed by atoms with E-state index in [9.17, 15) is 23.1 Å². The minimum atomic E-state index is -4.48. The molecule has 3 rings (SSSR count). The molecule has 1 aromatic heterocycles. The molecular formula is C18H14ClF3N2O4S. The number of phenols is 1. The van der Waals surface area contributed by atoms with Gasteiger partial charge in [-0.2, -0.15) is 13.2 Å². The lowest BCUT2D eigenvalue weighted by atomic mass is 10.1. The highest BCUT2D eigenvalue weighted by Crippen LogP contribution is 2.35. The molecular weight excluding hydrogens is 433 g/mol. The minimum Gasteiger partial charge on any atom is -0.507 e. The third-order valence-electron chi connectivity index (χ3n) is 3.83. The molecule has 29 heavy (non-hydrogen) atoms. The van der Waals surface area contributed by atoms with Crippen molar-refractivity contribution in [1.82, 2.24) is 4.98 Å². The van der Waals surface area contributed by atoms with Crippen molar-refractivity contribution in [2.24, 2.45) is 0 Å². The summed E-state index contributed by atoms with van der Waals surface area (Å²) in [7, 11) is 0. The molecule has 0 saturated carbocycles. The van der Waals surface area contributed by atoms with Crippen molar-refractivity contribution in [3.8, 4) is 5.75 Å². The largest absolute Gasteiger partial charge is 0.507 e. The zero-order valence-electron chi connectivity index (χ0n) is 14.6. The lowest BCUT2D eigenvalue weighted by Crippen LogP contribution is -2.13. The first kappa shape index (κ1) is 21.3. The summed E-state index contributed by atoms with van der Waals surface area (Å²) in [6.07, 6.45) is -4.48. The van der Waals surface area contributed by atoms with Gasteiger partial charge < -0.3 is 14.9 Å². The minimum absolute atomic E-state index is 0.0408. The summed E-state index contributed by atoms with van der Waals surface area (Å²) in [5, 5.41) is 21.8. The average Bonchev–Trinajstić information content (AvgIpc) is 3.04. The fraction of sp³-hybridized carbons (Fsp3) is 0.222. The van der Waals surface area contributed by atoms with Gasteiger partial charge in [-0.3, -0.25) is 10.1 Å². The first-order chi connectivity index (χ1) is 13.7. The van der Waals surface area contributed by atoms with Crippen LogP contribution in [0.2, 0.25) is 5.02 Å². The number of thiazole rings is 1. The maximum atomic E-state index is 12.8. The fourth-order valence-electron chi connectivity index (χ4n) is 2.50. The second-order valence-electron chi connectivity index (χ2n) is 5.89. The summed E-state index contributed by atoms with van der Waals surface area (Å²) in [6.45, 7) is -0.240. The van der Waals surface area contributed by atoms with E-state index < -0.39 is 17.6 Å². The summed E-state index contributed by atoms with van der Waals surface area (Å²) in [4.78, 5) is 16.6. The van der Waals surface area contributed by atoms with Crippen LogP contribution in [0, 0.1) is 0 Å². The van der Waals surface area contributed by atoms with Crippen LogP contribution in [0.15, 0.2) is 30.3 Å². The van der Waals surface area contributed by atoms with Gasteiger partial charge >= 0.3 is 6.18 Å². The Morgan fingerprint density at radius 3 is 2.72 bits per heavy atom. The molecule has 0 aliphatic carbocycles. The van der Waals surface area contributed by atoms with Gasteiger partial charge in [-0.1, -0.05) is 22.9 Å². The number of benzene rings is 2. The Kier molecular flexibility index (Phi) is 6.27. The number of amides is 1. The summed E-state index contributed by atoms with van der Waals surface area (Å²) in [6, 6.07) is 5.75. The van der Waals surface area contributed by atoms with Crippen LogP contribution in [0.3, 0.4) is 0 Å². The highest BCUT2D eigenvalue weighted by molar-refractivity contribution is 7.22. The van der Waals surface area contributed by atoms with Crippen molar-refractivity contribution in [2.75, 3.05) is 18.5 Å². The number of aromatic nitrogens is 1. The van der Waals surface area contributed by atoms with Crippen LogP contribution < -0.4 is 5.32 Å². The van der Waals surface area contributed by atoms with E-state index in [-0.39, 0.29) is 51.6 Å². The topological polar surface area (TPSA) is 91.7 Å². The molecule has 0 saturated heterocycles. The van der Waals surface area contributed by atoms with Crippen LogP contribution in [-0.4, -0.2) is 34.3 Å². The van der Waals surface area contributed by atoms with Gasteiger partial charge in [0.25, 0.3) is 5.91 Å². The van der Waals surface area contributed by atoms with Crippen molar-refractivity contribution in [3.05, 3.63) is 52.0 Å². The number of hydrogen-bond acceptors (Lipinski definition) is 6. The molecule has 2 aromatic carbocycles. The number of hydrogen-bond donors (Lipinski definition) is 3. The molecule has 1 heterocycles. The van der Waals surface area contributed by atoms with Crippen molar-refractivity contribution in [3.63, 3.8) is 0 Å². The molecule has 0 bridgehead atoms. The number of halogens is 4. The fourth-order valence-corrected chi connectivity index (χ4v) is 3.65. The molecule has 0 aliphatic heterocycles. The number of ether oxygens (including phenoxy) is 1. The number of alkyl halides is 3. The number of anilines is 1. The smallest absolute Gasteiger partial charge is 0.416 e. The molecule has 0 spiro atoms. The SMILES string of the molecule is O=C(Nc1nc2ccc(C(F)(F)F)cc2s1)c1cc(Cl)cc(COCCO)c1O. The zero-order valence-corrected chi connectivity index (χ0v) is 16.2. The normalized spacial score (nSPS) is 11.8. The molecule has 1 amide bonds. The first-order valence-corrected chi connectivity index (χ1v) is 9.37.